The molecule has 4 heteroatoms. The van der Waals surface area contributed by atoms with Crippen molar-refractivity contribution < 1.29 is 9.53 Å². The van der Waals surface area contributed by atoms with Gasteiger partial charge < -0.3 is 4.74 Å². The van der Waals surface area contributed by atoms with Crippen molar-refractivity contribution in [1.82, 2.24) is 0 Å². The van der Waals surface area contributed by atoms with E-state index in [0.29, 0.717) is 10.6 Å². The van der Waals surface area contributed by atoms with Crippen LogP contribution in [0.1, 0.15) is 18.6 Å². The maximum atomic E-state index is 10.9. The molecule has 82 valence electrons. The molecule has 0 spiro atoms. The minimum Gasteiger partial charge on any atom is -0.452 e. The Hall–Kier alpha value is -1.79. The van der Waals surface area contributed by atoms with Gasteiger partial charge in [0, 0.05) is 11.9 Å². The first-order valence-electron chi connectivity index (χ1n) is 4.56. The van der Waals surface area contributed by atoms with Crippen molar-refractivity contribution in [3.05, 3.63) is 47.0 Å². The van der Waals surface area contributed by atoms with Gasteiger partial charge in [-0.25, -0.2) is 0 Å². The van der Waals surface area contributed by atoms with Crippen LogP contribution in [-0.4, -0.2) is 5.97 Å². The van der Waals surface area contributed by atoms with Crippen molar-refractivity contribution in [3.63, 3.8) is 0 Å². The number of carbonyl (C=O) groups is 1. The molecule has 3 nitrogen and oxygen atoms in total. The van der Waals surface area contributed by atoms with Crippen molar-refractivity contribution in [1.29, 1.82) is 5.26 Å². The number of halogens is 1. The molecule has 0 heterocycles. The van der Waals surface area contributed by atoms with E-state index in [0.717, 1.165) is 0 Å². The Balaban J connectivity index is 3.01. The number of rotatable bonds is 3. The number of ether oxygens (including phenoxy) is 1. The topological polar surface area (TPSA) is 50.1 Å². The zero-order chi connectivity index (χ0) is 12.1. The normalized spacial score (nSPS) is 11.3. The highest BCUT2D eigenvalue weighted by Crippen LogP contribution is 2.25. The maximum absolute atomic E-state index is 10.9. The smallest absolute Gasteiger partial charge is 0.303 e. The Labute approximate surface area is 98.9 Å². The highest BCUT2D eigenvalue weighted by Gasteiger charge is 2.18. The summed E-state index contributed by atoms with van der Waals surface area (Å²) in [5, 5.41) is 9.34. The minimum absolute atomic E-state index is 0.178. The number of benzene rings is 1. The Morgan fingerprint density at radius 3 is 2.50 bits per heavy atom. The zero-order valence-electron chi connectivity index (χ0n) is 8.74. The molecular formula is C12H10ClNO2. The fourth-order valence-corrected chi connectivity index (χ4v) is 1.33. The van der Waals surface area contributed by atoms with Crippen LogP contribution >= 0.6 is 11.6 Å². The first-order valence-corrected chi connectivity index (χ1v) is 4.94. The highest BCUT2D eigenvalue weighted by molar-refractivity contribution is 6.30. The number of hydrogen-bond acceptors (Lipinski definition) is 3. The van der Waals surface area contributed by atoms with Crippen LogP contribution in [0.2, 0.25) is 5.02 Å². The third kappa shape index (κ3) is 3.11. The second-order valence-corrected chi connectivity index (χ2v) is 3.61. The van der Waals surface area contributed by atoms with Gasteiger partial charge in [-0.1, -0.05) is 30.3 Å². The summed E-state index contributed by atoms with van der Waals surface area (Å²) in [6.07, 6.45) is -0.736. The van der Waals surface area contributed by atoms with Gasteiger partial charge in [0.05, 0.1) is 11.6 Å². The quantitative estimate of drug-likeness (QED) is 0.598. The average molecular weight is 236 g/mol. The molecule has 0 N–H and O–H groups in total. The van der Waals surface area contributed by atoms with Crippen LogP contribution < -0.4 is 0 Å². The molecule has 0 aliphatic carbocycles. The van der Waals surface area contributed by atoms with Crippen LogP contribution in [-0.2, 0) is 9.53 Å². The number of esters is 1. The van der Waals surface area contributed by atoms with Crippen molar-refractivity contribution in [2.75, 3.05) is 0 Å². The van der Waals surface area contributed by atoms with Crippen molar-refractivity contribution in [2.24, 2.45) is 0 Å². The third-order valence-electron chi connectivity index (χ3n) is 1.92. The Kier molecular flexibility index (Phi) is 4.10. The van der Waals surface area contributed by atoms with E-state index in [2.05, 4.69) is 6.58 Å². The SMILES string of the molecule is C=C(C#N)[C@H](OC(C)=O)c1ccc(Cl)cc1. The summed E-state index contributed by atoms with van der Waals surface area (Å²) in [7, 11) is 0. The van der Waals surface area contributed by atoms with Crippen LogP contribution in [0.15, 0.2) is 36.4 Å². The van der Waals surface area contributed by atoms with Gasteiger partial charge >= 0.3 is 5.97 Å². The summed E-state index contributed by atoms with van der Waals surface area (Å²) in [4.78, 5) is 10.9. The van der Waals surface area contributed by atoms with Crippen LogP contribution in [0.3, 0.4) is 0 Å². The summed E-state index contributed by atoms with van der Waals surface area (Å²) in [5.74, 6) is -0.462. The van der Waals surface area contributed by atoms with E-state index in [1.807, 2.05) is 6.07 Å². The van der Waals surface area contributed by atoms with E-state index >= 15 is 0 Å². The Bertz CT molecular complexity index is 445. The second kappa shape index (κ2) is 5.34. The van der Waals surface area contributed by atoms with Gasteiger partial charge in [-0.2, -0.15) is 5.26 Å². The largest absolute Gasteiger partial charge is 0.452 e. The molecule has 0 aliphatic rings. The maximum Gasteiger partial charge on any atom is 0.303 e. The van der Waals surface area contributed by atoms with Crippen LogP contribution in [0.25, 0.3) is 0 Å². The van der Waals surface area contributed by atoms with Crippen LogP contribution in [0, 0.1) is 11.3 Å². The molecule has 16 heavy (non-hydrogen) atoms. The van der Waals surface area contributed by atoms with Gasteiger partial charge in [0.25, 0.3) is 0 Å². The van der Waals surface area contributed by atoms with Crippen molar-refractivity contribution in [2.45, 2.75) is 13.0 Å². The Morgan fingerprint density at radius 2 is 2.06 bits per heavy atom. The molecule has 0 radical (unpaired) electrons. The van der Waals surface area contributed by atoms with Crippen molar-refractivity contribution in [3.8, 4) is 6.07 Å². The number of hydrogen-bond donors (Lipinski definition) is 0. The predicted molar refractivity (Wildman–Crippen MR) is 60.7 cm³/mol. The highest BCUT2D eigenvalue weighted by atomic mass is 35.5. The summed E-state index contributed by atoms with van der Waals surface area (Å²) < 4.78 is 5.02. The van der Waals surface area contributed by atoms with E-state index in [1.165, 1.54) is 6.92 Å². The number of nitrogens with zero attached hydrogens (tertiary/aromatic N) is 1. The number of nitriles is 1. The lowest BCUT2D eigenvalue weighted by atomic mass is 10.0. The molecule has 0 fully saturated rings. The van der Waals surface area contributed by atoms with Gasteiger partial charge in [-0.3, -0.25) is 4.79 Å². The standard InChI is InChI=1S/C12H10ClNO2/c1-8(7-14)12(16-9(2)15)10-3-5-11(13)6-4-10/h3-6,12H,1H2,2H3/t12-/m0/s1. The molecule has 0 bridgehead atoms. The fraction of sp³-hybridized carbons (Fsp3) is 0.167. The molecule has 0 saturated carbocycles. The second-order valence-electron chi connectivity index (χ2n) is 3.18. The lowest BCUT2D eigenvalue weighted by Gasteiger charge is -2.15. The molecule has 1 aromatic rings. The summed E-state index contributed by atoms with van der Waals surface area (Å²) >= 11 is 5.74. The van der Waals surface area contributed by atoms with Gasteiger partial charge in [0.1, 0.15) is 0 Å². The first-order chi connectivity index (χ1) is 7.54. The van der Waals surface area contributed by atoms with Gasteiger partial charge in [-0.05, 0) is 17.7 Å². The van der Waals surface area contributed by atoms with E-state index in [-0.39, 0.29) is 5.57 Å². The minimum atomic E-state index is -0.736. The molecule has 0 aliphatic heterocycles. The molecule has 0 aromatic heterocycles. The van der Waals surface area contributed by atoms with Gasteiger partial charge in [-0.15, -0.1) is 0 Å². The van der Waals surface area contributed by atoms with E-state index in [9.17, 15) is 4.79 Å². The summed E-state index contributed by atoms with van der Waals surface area (Å²) in [6.45, 7) is 4.84. The lowest BCUT2D eigenvalue weighted by Crippen LogP contribution is -2.09. The first kappa shape index (κ1) is 12.3. The monoisotopic (exact) mass is 235 g/mol. The Morgan fingerprint density at radius 1 is 1.50 bits per heavy atom. The molecule has 0 unspecified atom stereocenters. The predicted octanol–water partition coefficient (Wildman–Crippen LogP) is 3.02. The fourth-order valence-electron chi connectivity index (χ4n) is 1.20. The summed E-state index contributed by atoms with van der Waals surface area (Å²) in [6, 6.07) is 8.59. The molecular weight excluding hydrogens is 226 g/mol. The van der Waals surface area contributed by atoms with E-state index < -0.39 is 12.1 Å². The molecule has 0 amide bonds. The number of carbonyl (C=O) groups excluding carboxylic acids is 1. The third-order valence-corrected chi connectivity index (χ3v) is 2.17. The average Bonchev–Trinajstić information content (AvgIpc) is 2.26. The molecule has 0 saturated heterocycles. The van der Waals surface area contributed by atoms with Crippen LogP contribution in [0.5, 0.6) is 0 Å². The van der Waals surface area contributed by atoms with Gasteiger partial charge in [0.15, 0.2) is 6.10 Å². The zero-order valence-corrected chi connectivity index (χ0v) is 9.49. The molecule has 1 atom stereocenters. The van der Waals surface area contributed by atoms with E-state index in [4.69, 9.17) is 21.6 Å². The molecule has 1 rings (SSSR count). The van der Waals surface area contributed by atoms with E-state index in [1.54, 1.807) is 24.3 Å². The van der Waals surface area contributed by atoms with Crippen LogP contribution in [0.4, 0.5) is 0 Å². The summed E-state index contributed by atoms with van der Waals surface area (Å²) in [5.41, 5.74) is 0.851. The lowest BCUT2D eigenvalue weighted by molar-refractivity contribution is -0.144. The molecule has 1 aromatic carbocycles. The van der Waals surface area contributed by atoms with Crippen molar-refractivity contribution >= 4 is 17.6 Å². The van der Waals surface area contributed by atoms with Gasteiger partial charge in [0.2, 0.25) is 0 Å².